The van der Waals surface area contributed by atoms with Gasteiger partial charge in [-0.3, -0.25) is 10.1 Å². The minimum absolute atomic E-state index is 0.00331. The van der Waals surface area contributed by atoms with Gasteiger partial charge in [-0.1, -0.05) is 0 Å². The van der Waals surface area contributed by atoms with E-state index in [0.717, 1.165) is 25.3 Å². The lowest BCUT2D eigenvalue weighted by Gasteiger charge is -2.29. The summed E-state index contributed by atoms with van der Waals surface area (Å²) in [4.78, 5) is 15.9. The molecule has 0 saturated heterocycles. The van der Waals surface area contributed by atoms with Crippen molar-refractivity contribution in [2.75, 3.05) is 5.32 Å². The van der Waals surface area contributed by atoms with E-state index in [0.29, 0.717) is 6.07 Å². The fourth-order valence-electron chi connectivity index (χ4n) is 2.88. The number of carbonyl (C=O) groups is 1. The molecule has 1 atom stereocenters. The quantitative estimate of drug-likeness (QED) is 0.820. The average Bonchev–Trinajstić information content (AvgIpc) is 2.73. The Bertz CT molecular complexity index is 810. The first-order valence-corrected chi connectivity index (χ1v) is 7.93. The van der Waals surface area contributed by atoms with Crippen molar-refractivity contribution in [1.82, 2.24) is 9.55 Å². The van der Waals surface area contributed by atoms with Gasteiger partial charge in [0, 0.05) is 6.04 Å². The Hall–Kier alpha value is -2.16. The van der Waals surface area contributed by atoms with Gasteiger partial charge in [-0.15, -0.1) is 0 Å². The Morgan fingerprint density at radius 2 is 2.12 bits per heavy atom. The Balaban J connectivity index is 2.09. The molecule has 2 aromatic rings. The van der Waals surface area contributed by atoms with Gasteiger partial charge in [0.05, 0.1) is 23.6 Å². The van der Waals surface area contributed by atoms with E-state index in [-0.39, 0.29) is 29.4 Å². The lowest BCUT2D eigenvalue weighted by atomic mass is 9.92. The molecule has 1 aliphatic rings. The summed E-state index contributed by atoms with van der Waals surface area (Å²) in [7, 11) is 0. The fourth-order valence-corrected chi connectivity index (χ4v) is 2.88. The van der Waals surface area contributed by atoms with Crippen molar-refractivity contribution in [1.29, 1.82) is 0 Å². The van der Waals surface area contributed by atoms with Gasteiger partial charge in [-0.2, -0.15) is 13.2 Å². The number of alkyl halides is 3. The van der Waals surface area contributed by atoms with Gasteiger partial charge in [0.1, 0.15) is 11.3 Å². The van der Waals surface area contributed by atoms with Crippen LogP contribution in [0.1, 0.15) is 44.2 Å². The maximum Gasteiger partial charge on any atom is 0.416 e. The number of aliphatic hydroxyl groups is 1. The molecule has 1 amide bonds. The van der Waals surface area contributed by atoms with Crippen LogP contribution in [0.5, 0.6) is 0 Å². The average molecular weight is 359 g/mol. The van der Waals surface area contributed by atoms with Gasteiger partial charge in [0.25, 0.3) is 0 Å². The summed E-state index contributed by atoms with van der Waals surface area (Å²) >= 11 is 0. The molecule has 25 heavy (non-hydrogen) atoms. The number of amides is 1. The lowest BCUT2D eigenvalue weighted by Crippen LogP contribution is -2.24. The van der Waals surface area contributed by atoms with Crippen molar-refractivity contribution in [3.8, 4) is 0 Å². The topological polar surface area (TPSA) is 67.2 Å². The van der Waals surface area contributed by atoms with Crippen molar-refractivity contribution in [3.05, 3.63) is 23.5 Å². The van der Waals surface area contributed by atoms with Crippen molar-refractivity contribution in [2.24, 2.45) is 0 Å². The molecular weight excluding hydrogens is 342 g/mol. The van der Waals surface area contributed by atoms with Crippen molar-refractivity contribution in [3.63, 3.8) is 0 Å². The van der Waals surface area contributed by atoms with Gasteiger partial charge in [0.15, 0.2) is 0 Å². The number of aromatic nitrogens is 2. The number of hydrogen-bond donors (Lipinski definition) is 2. The molecular formula is C16H17F4N3O2. The summed E-state index contributed by atoms with van der Waals surface area (Å²) in [6, 6.07) is 1.09. The number of anilines is 1. The van der Waals surface area contributed by atoms with E-state index in [4.69, 9.17) is 0 Å². The summed E-state index contributed by atoms with van der Waals surface area (Å²) in [6.07, 6.45) is -3.39. The Morgan fingerprint density at radius 3 is 2.64 bits per heavy atom. The highest BCUT2D eigenvalue weighted by Gasteiger charge is 2.34. The molecule has 0 bridgehead atoms. The van der Waals surface area contributed by atoms with Gasteiger partial charge < -0.3 is 9.67 Å². The predicted octanol–water partition coefficient (Wildman–Crippen LogP) is 3.63. The second-order valence-electron chi connectivity index (χ2n) is 6.32. The van der Waals surface area contributed by atoms with E-state index >= 15 is 0 Å². The van der Waals surface area contributed by atoms with E-state index in [1.165, 1.54) is 11.5 Å². The number of carbonyl (C=O) groups excluding carboxylic acids is 1. The number of halogens is 4. The molecule has 0 spiro atoms. The zero-order valence-electron chi connectivity index (χ0n) is 13.4. The smallest absolute Gasteiger partial charge is 0.393 e. The maximum atomic E-state index is 14.4. The molecule has 1 aliphatic carbocycles. The fraction of sp³-hybridized carbons (Fsp3) is 0.500. The summed E-state index contributed by atoms with van der Waals surface area (Å²) in [5.41, 5.74) is -1.34. The van der Waals surface area contributed by atoms with E-state index in [9.17, 15) is 27.5 Å². The molecule has 1 fully saturated rings. The normalized spacial score (nSPS) is 16.7. The first kappa shape index (κ1) is 17.7. The monoisotopic (exact) mass is 359 g/mol. The van der Waals surface area contributed by atoms with Crippen molar-refractivity contribution in [2.45, 2.75) is 50.9 Å². The third-order valence-electron chi connectivity index (χ3n) is 4.24. The molecule has 2 N–H and O–H groups in total. The van der Waals surface area contributed by atoms with E-state index in [1.54, 1.807) is 0 Å². The second kappa shape index (κ2) is 6.29. The molecule has 136 valence electrons. The molecule has 3 rings (SSSR count). The molecule has 5 nitrogen and oxygen atoms in total. The van der Waals surface area contributed by atoms with Crippen LogP contribution in [0.3, 0.4) is 0 Å². The zero-order valence-corrected chi connectivity index (χ0v) is 13.4. The Labute approximate surface area is 140 Å². The first-order chi connectivity index (χ1) is 11.7. The van der Waals surface area contributed by atoms with Gasteiger partial charge >= 0.3 is 6.18 Å². The number of imidazole rings is 1. The van der Waals surface area contributed by atoms with Crippen LogP contribution in [0.25, 0.3) is 11.0 Å². The summed E-state index contributed by atoms with van der Waals surface area (Å²) in [5, 5.41) is 11.7. The van der Waals surface area contributed by atoms with Crippen LogP contribution in [-0.2, 0) is 11.0 Å². The third-order valence-corrected chi connectivity index (χ3v) is 4.24. The summed E-state index contributed by atoms with van der Waals surface area (Å²) < 4.78 is 54.5. The third kappa shape index (κ3) is 3.46. The molecule has 0 aliphatic heterocycles. The van der Waals surface area contributed by atoms with Gasteiger partial charge in [0.2, 0.25) is 11.9 Å². The minimum Gasteiger partial charge on any atom is -0.393 e. The number of benzene rings is 1. The van der Waals surface area contributed by atoms with Crippen LogP contribution in [0.4, 0.5) is 23.5 Å². The van der Waals surface area contributed by atoms with Crippen molar-refractivity contribution < 1.29 is 27.5 Å². The summed E-state index contributed by atoms with van der Waals surface area (Å²) in [5.74, 6) is -1.56. The van der Waals surface area contributed by atoms with Crippen LogP contribution in [0.15, 0.2) is 12.1 Å². The minimum atomic E-state index is -4.69. The predicted molar refractivity (Wildman–Crippen MR) is 82.5 cm³/mol. The zero-order chi connectivity index (χ0) is 18.4. The van der Waals surface area contributed by atoms with Gasteiger partial charge in [-0.25, -0.2) is 9.37 Å². The maximum absolute atomic E-state index is 14.4. The van der Waals surface area contributed by atoms with Crippen LogP contribution in [-0.4, -0.2) is 26.7 Å². The number of rotatable bonds is 4. The Kier molecular flexibility index (Phi) is 4.44. The second-order valence-corrected chi connectivity index (χ2v) is 6.32. The number of nitrogens with one attached hydrogen (secondary N) is 1. The molecule has 1 aromatic heterocycles. The number of hydrogen-bond acceptors (Lipinski definition) is 3. The number of fused-ring (bicyclic) bond motifs is 1. The highest BCUT2D eigenvalue weighted by atomic mass is 19.4. The number of aliphatic hydroxyl groups excluding tert-OH is 1. The molecule has 0 radical (unpaired) electrons. The molecule has 9 heteroatoms. The molecule has 1 saturated carbocycles. The lowest BCUT2D eigenvalue weighted by molar-refractivity contribution is -0.137. The highest BCUT2D eigenvalue weighted by molar-refractivity contribution is 5.92. The molecule has 1 heterocycles. The standard InChI is InChI=1S/C16H17F4N3O2/c1-8(24)5-13(25)22-15-21-12-7-9(16(18,19)20)6-11(17)14(12)23(15)10-3-2-4-10/h6-8,10,24H,2-5H2,1H3,(H,21,22,25)/t8-/m1/s1. The SMILES string of the molecule is C[C@@H](O)CC(=O)Nc1nc2cc(C(F)(F)F)cc(F)c2n1C1CCC1. The summed E-state index contributed by atoms with van der Waals surface area (Å²) in [6.45, 7) is 1.43. The largest absolute Gasteiger partial charge is 0.416 e. The van der Waals surface area contributed by atoms with E-state index < -0.39 is 29.6 Å². The van der Waals surface area contributed by atoms with Crippen LogP contribution in [0, 0.1) is 5.82 Å². The first-order valence-electron chi connectivity index (χ1n) is 7.93. The number of nitrogens with zero attached hydrogens (tertiary/aromatic N) is 2. The van der Waals surface area contributed by atoms with Crippen LogP contribution >= 0.6 is 0 Å². The molecule has 1 aromatic carbocycles. The van der Waals surface area contributed by atoms with E-state index in [2.05, 4.69) is 10.3 Å². The van der Waals surface area contributed by atoms with Crippen LogP contribution < -0.4 is 5.32 Å². The van der Waals surface area contributed by atoms with Crippen molar-refractivity contribution >= 4 is 22.9 Å². The van der Waals surface area contributed by atoms with Gasteiger partial charge in [-0.05, 0) is 38.3 Å². The van der Waals surface area contributed by atoms with E-state index in [1.807, 2.05) is 0 Å². The van der Waals surface area contributed by atoms with Crippen LogP contribution in [0.2, 0.25) is 0 Å². The highest BCUT2D eigenvalue weighted by Crippen LogP contribution is 2.40. The molecule has 0 unspecified atom stereocenters. The Morgan fingerprint density at radius 1 is 1.44 bits per heavy atom.